The number of rotatable bonds is 9. The van der Waals surface area contributed by atoms with Crippen molar-refractivity contribution in [2.45, 2.75) is 72.8 Å². The number of aryl methyl sites for hydroxylation is 1. The third kappa shape index (κ3) is 13.5. The molecular formula is C24H39N3O3. The molecule has 30 heavy (non-hydrogen) atoms. The van der Waals surface area contributed by atoms with Gasteiger partial charge >= 0.3 is 12.1 Å². The largest absolute Gasteiger partial charge is 0.444 e. The molecule has 6 nitrogen and oxygen atoms in total. The second-order valence-corrected chi connectivity index (χ2v) is 7.94. The number of urea groups is 1. The first-order valence-corrected chi connectivity index (χ1v) is 10.7. The molecule has 0 saturated heterocycles. The van der Waals surface area contributed by atoms with E-state index < -0.39 is 11.7 Å². The Balaban J connectivity index is 0.00000263. The van der Waals surface area contributed by atoms with Gasteiger partial charge in [0, 0.05) is 25.3 Å². The van der Waals surface area contributed by atoms with Gasteiger partial charge in [-0.15, -0.1) is 12.3 Å². The summed E-state index contributed by atoms with van der Waals surface area (Å²) in [7, 11) is 0. The SMILES string of the molecule is C#CC.CCCN(CCC)C(=O)Nc1cccc(CCCNC(=O)OC(C)(C)C)c1. The number of alkyl carbamates (subject to hydrolysis) is 1. The second kappa shape index (κ2) is 15.2. The van der Waals surface area contributed by atoms with Crippen molar-refractivity contribution >= 4 is 17.8 Å². The van der Waals surface area contributed by atoms with Crippen LogP contribution in [0.15, 0.2) is 24.3 Å². The van der Waals surface area contributed by atoms with Gasteiger partial charge in [0.05, 0.1) is 0 Å². The van der Waals surface area contributed by atoms with E-state index in [0.29, 0.717) is 6.54 Å². The minimum Gasteiger partial charge on any atom is -0.444 e. The number of ether oxygens (including phenoxy) is 1. The summed E-state index contributed by atoms with van der Waals surface area (Å²) in [5.74, 6) is 2.25. The van der Waals surface area contributed by atoms with Crippen molar-refractivity contribution < 1.29 is 14.3 Å². The molecule has 0 spiro atoms. The molecule has 0 saturated carbocycles. The minimum atomic E-state index is -0.486. The summed E-state index contributed by atoms with van der Waals surface area (Å²) >= 11 is 0. The normalized spacial score (nSPS) is 10.2. The average molecular weight is 418 g/mol. The summed E-state index contributed by atoms with van der Waals surface area (Å²) in [6.45, 7) is 13.4. The number of hydrogen-bond donors (Lipinski definition) is 2. The summed E-state index contributed by atoms with van der Waals surface area (Å²) in [6.07, 6.45) is 7.70. The molecule has 0 heterocycles. The molecule has 0 aliphatic carbocycles. The van der Waals surface area contributed by atoms with Crippen molar-refractivity contribution in [3.63, 3.8) is 0 Å². The van der Waals surface area contributed by atoms with Crippen LogP contribution in [0.1, 0.15) is 66.4 Å². The van der Waals surface area contributed by atoms with E-state index in [9.17, 15) is 9.59 Å². The van der Waals surface area contributed by atoms with E-state index in [1.54, 1.807) is 6.92 Å². The van der Waals surface area contributed by atoms with E-state index in [1.165, 1.54) is 0 Å². The van der Waals surface area contributed by atoms with E-state index >= 15 is 0 Å². The van der Waals surface area contributed by atoms with Crippen molar-refractivity contribution in [1.29, 1.82) is 0 Å². The van der Waals surface area contributed by atoms with Crippen LogP contribution in [0.3, 0.4) is 0 Å². The van der Waals surface area contributed by atoms with E-state index in [-0.39, 0.29) is 6.03 Å². The number of nitrogens with zero attached hydrogens (tertiary/aromatic N) is 1. The molecule has 0 aliphatic rings. The minimum absolute atomic E-state index is 0.0533. The molecule has 0 fully saturated rings. The van der Waals surface area contributed by atoms with Gasteiger partial charge in [0.15, 0.2) is 0 Å². The molecule has 0 atom stereocenters. The molecule has 0 unspecified atom stereocenters. The average Bonchev–Trinajstić information content (AvgIpc) is 2.64. The first-order valence-electron chi connectivity index (χ1n) is 10.7. The Bertz CT molecular complexity index is 669. The van der Waals surface area contributed by atoms with Gasteiger partial charge in [0.2, 0.25) is 0 Å². The Kier molecular flexibility index (Phi) is 13.8. The van der Waals surface area contributed by atoms with Crippen molar-refractivity contribution in [2.75, 3.05) is 25.0 Å². The molecular weight excluding hydrogens is 378 g/mol. The maximum absolute atomic E-state index is 12.4. The molecule has 2 N–H and O–H groups in total. The monoisotopic (exact) mass is 417 g/mol. The first-order chi connectivity index (χ1) is 14.2. The Morgan fingerprint density at radius 3 is 2.30 bits per heavy atom. The molecule has 1 aromatic carbocycles. The van der Waals surface area contributed by atoms with Gasteiger partial charge in [-0.1, -0.05) is 26.0 Å². The van der Waals surface area contributed by atoms with Crippen molar-refractivity contribution in [2.24, 2.45) is 0 Å². The smallest absolute Gasteiger partial charge is 0.407 e. The lowest BCUT2D eigenvalue weighted by molar-refractivity contribution is 0.0527. The van der Waals surface area contributed by atoms with Crippen LogP contribution in [-0.4, -0.2) is 42.3 Å². The lowest BCUT2D eigenvalue weighted by Gasteiger charge is -2.22. The lowest BCUT2D eigenvalue weighted by atomic mass is 10.1. The van der Waals surface area contributed by atoms with Crippen LogP contribution in [0.25, 0.3) is 0 Å². The third-order valence-corrected chi connectivity index (χ3v) is 3.76. The molecule has 0 radical (unpaired) electrons. The number of terminal acetylenes is 1. The molecule has 0 aromatic heterocycles. The van der Waals surface area contributed by atoms with Crippen LogP contribution in [0, 0.1) is 12.3 Å². The van der Waals surface area contributed by atoms with E-state index in [2.05, 4.69) is 36.8 Å². The van der Waals surface area contributed by atoms with Crippen LogP contribution in [0.5, 0.6) is 0 Å². The Hall–Kier alpha value is -2.68. The summed E-state index contributed by atoms with van der Waals surface area (Å²) < 4.78 is 5.21. The van der Waals surface area contributed by atoms with Gasteiger partial charge in [-0.3, -0.25) is 0 Å². The summed E-state index contributed by atoms with van der Waals surface area (Å²) in [6, 6.07) is 7.80. The van der Waals surface area contributed by atoms with Crippen LogP contribution >= 0.6 is 0 Å². The number of hydrogen-bond acceptors (Lipinski definition) is 3. The predicted molar refractivity (Wildman–Crippen MR) is 125 cm³/mol. The number of nitrogens with one attached hydrogen (secondary N) is 2. The fraction of sp³-hybridized carbons (Fsp3) is 0.583. The zero-order valence-electron chi connectivity index (χ0n) is 19.5. The van der Waals surface area contributed by atoms with Crippen molar-refractivity contribution in [3.05, 3.63) is 29.8 Å². The van der Waals surface area contributed by atoms with Gasteiger partial charge in [-0.05, 0) is 71.1 Å². The van der Waals surface area contributed by atoms with Crippen LogP contribution in [-0.2, 0) is 11.2 Å². The number of anilines is 1. The number of carbonyl (C=O) groups excluding carboxylic acids is 2. The van der Waals surface area contributed by atoms with Gasteiger partial charge < -0.3 is 20.3 Å². The molecule has 0 bridgehead atoms. The topological polar surface area (TPSA) is 70.7 Å². The van der Waals surface area contributed by atoms with Crippen LogP contribution in [0.2, 0.25) is 0 Å². The quantitative estimate of drug-likeness (QED) is 0.415. The molecule has 168 valence electrons. The van der Waals surface area contributed by atoms with E-state index in [1.807, 2.05) is 49.9 Å². The fourth-order valence-electron chi connectivity index (χ4n) is 2.66. The maximum Gasteiger partial charge on any atom is 0.407 e. The zero-order chi connectivity index (χ0) is 23.0. The van der Waals surface area contributed by atoms with Gasteiger partial charge in [-0.25, -0.2) is 9.59 Å². The first kappa shape index (κ1) is 27.3. The Labute approximate surface area is 182 Å². The maximum atomic E-state index is 12.4. The van der Waals surface area contributed by atoms with Crippen molar-refractivity contribution in [1.82, 2.24) is 10.2 Å². The number of carbonyl (C=O) groups is 2. The number of amides is 3. The second-order valence-electron chi connectivity index (χ2n) is 7.94. The third-order valence-electron chi connectivity index (χ3n) is 3.76. The fourth-order valence-corrected chi connectivity index (χ4v) is 2.66. The zero-order valence-corrected chi connectivity index (χ0v) is 19.5. The van der Waals surface area contributed by atoms with Crippen LogP contribution in [0.4, 0.5) is 15.3 Å². The standard InChI is InChI=1S/C21H35N3O3.C3H4/c1-6-14-24(15-7-2)19(25)23-18-12-8-10-17(16-18)11-9-13-22-20(26)27-21(3,4)5;1-3-2/h8,10,12,16H,6-7,9,11,13-15H2,1-5H3,(H,22,26)(H,23,25);1H,2H3. The van der Waals surface area contributed by atoms with Gasteiger partial charge in [0.1, 0.15) is 5.60 Å². The predicted octanol–water partition coefficient (Wildman–Crippen LogP) is 5.44. The van der Waals surface area contributed by atoms with Gasteiger partial charge in [0.25, 0.3) is 0 Å². The molecule has 1 aromatic rings. The molecule has 0 aliphatic heterocycles. The highest BCUT2D eigenvalue weighted by atomic mass is 16.6. The summed E-state index contributed by atoms with van der Waals surface area (Å²) in [5, 5.41) is 5.75. The number of benzene rings is 1. The molecule has 3 amide bonds. The Morgan fingerprint density at radius 2 is 1.77 bits per heavy atom. The van der Waals surface area contributed by atoms with Crippen LogP contribution < -0.4 is 10.6 Å². The van der Waals surface area contributed by atoms with Crippen molar-refractivity contribution in [3.8, 4) is 12.3 Å². The highest BCUT2D eigenvalue weighted by Gasteiger charge is 2.15. The Morgan fingerprint density at radius 1 is 1.17 bits per heavy atom. The van der Waals surface area contributed by atoms with Gasteiger partial charge in [-0.2, -0.15) is 0 Å². The van der Waals surface area contributed by atoms with E-state index in [0.717, 1.165) is 50.0 Å². The van der Waals surface area contributed by atoms with E-state index in [4.69, 9.17) is 4.74 Å². The highest BCUT2D eigenvalue weighted by Crippen LogP contribution is 2.13. The lowest BCUT2D eigenvalue weighted by Crippen LogP contribution is -2.36. The summed E-state index contributed by atoms with van der Waals surface area (Å²) in [4.78, 5) is 25.9. The highest BCUT2D eigenvalue weighted by molar-refractivity contribution is 5.89. The summed E-state index contributed by atoms with van der Waals surface area (Å²) in [5.41, 5.74) is 1.44. The molecule has 6 heteroatoms. The molecule has 1 rings (SSSR count).